The molecule has 2 heterocycles. The minimum Gasteiger partial charge on any atom is -0.481 e. The summed E-state index contributed by atoms with van der Waals surface area (Å²) in [6, 6.07) is 0. The third-order valence-corrected chi connectivity index (χ3v) is 5.12. The van der Waals surface area contributed by atoms with Crippen LogP contribution >= 0.6 is 0 Å². The molecule has 0 unspecified atom stereocenters. The monoisotopic (exact) mass is 315 g/mol. The van der Waals surface area contributed by atoms with Gasteiger partial charge in [0.2, 0.25) is 0 Å². The minimum absolute atomic E-state index is 0.144. The fourth-order valence-corrected chi connectivity index (χ4v) is 3.77. The normalized spacial score (nSPS) is 16.1. The highest BCUT2D eigenvalue weighted by molar-refractivity contribution is 5.80. The molecule has 1 N–H and O–H groups in total. The van der Waals surface area contributed by atoms with E-state index in [1.165, 1.54) is 32.1 Å². The van der Waals surface area contributed by atoms with Crippen LogP contribution in [0.25, 0.3) is 11.0 Å². The average molecular weight is 315 g/mol. The van der Waals surface area contributed by atoms with Crippen LogP contribution in [0.1, 0.15) is 55.3 Å². The maximum atomic E-state index is 10.8. The number of fused-ring (bicyclic) bond motifs is 1. The quantitative estimate of drug-likeness (QED) is 0.914. The summed E-state index contributed by atoms with van der Waals surface area (Å²) in [5.41, 5.74) is 4.06. The first-order valence-corrected chi connectivity index (χ1v) is 8.59. The molecule has 5 heteroatoms. The van der Waals surface area contributed by atoms with E-state index < -0.39 is 5.97 Å². The van der Waals surface area contributed by atoms with Gasteiger partial charge in [0.25, 0.3) is 0 Å². The van der Waals surface area contributed by atoms with Gasteiger partial charge in [-0.2, -0.15) is 5.10 Å². The van der Waals surface area contributed by atoms with Gasteiger partial charge >= 0.3 is 5.97 Å². The first-order valence-electron chi connectivity index (χ1n) is 8.59. The van der Waals surface area contributed by atoms with Gasteiger partial charge in [-0.15, -0.1) is 0 Å². The van der Waals surface area contributed by atoms with E-state index in [2.05, 4.69) is 12.0 Å². The number of nitrogens with zero attached hydrogens (tertiary/aromatic N) is 3. The SMILES string of the molecule is Cc1nc2c(cnn2CC2CCCCC2)c(C)c1CCC(=O)O. The lowest BCUT2D eigenvalue weighted by Gasteiger charge is -2.21. The van der Waals surface area contributed by atoms with Crippen LogP contribution in [0.15, 0.2) is 6.20 Å². The Morgan fingerprint density at radius 3 is 2.74 bits per heavy atom. The third kappa shape index (κ3) is 3.38. The summed E-state index contributed by atoms with van der Waals surface area (Å²) in [5, 5.41) is 14.5. The Morgan fingerprint density at radius 1 is 1.30 bits per heavy atom. The van der Waals surface area contributed by atoms with Crippen molar-refractivity contribution in [2.24, 2.45) is 5.92 Å². The number of pyridine rings is 1. The van der Waals surface area contributed by atoms with Gasteiger partial charge in [-0.05, 0) is 50.2 Å². The number of carboxylic acids is 1. The van der Waals surface area contributed by atoms with Gasteiger partial charge in [0.15, 0.2) is 5.65 Å². The number of rotatable bonds is 5. The van der Waals surface area contributed by atoms with Crippen LogP contribution in [0, 0.1) is 19.8 Å². The number of aliphatic carboxylic acids is 1. The van der Waals surface area contributed by atoms with Crippen LogP contribution in [0.4, 0.5) is 0 Å². The number of carboxylic acid groups (broad SMARTS) is 1. The molecule has 1 aliphatic carbocycles. The van der Waals surface area contributed by atoms with E-state index in [0.717, 1.165) is 34.4 Å². The molecule has 0 atom stereocenters. The van der Waals surface area contributed by atoms with Crippen molar-refractivity contribution in [1.29, 1.82) is 0 Å². The molecule has 23 heavy (non-hydrogen) atoms. The van der Waals surface area contributed by atoms with Gasteiger partial charge in [0.1, 0.15) is 0 Å². The fourth-order valence-electron chi connectivity index (χ4n) is 3.77. The van der Waals surface area contributed by atoms with Gasteiger partial charge in [0, 0.05) is 24.0 Å². The molecule has 0 amide bonds. The molecule has 1 aliphatic rings. The lowest BCUT2D eigenvalue weighted by Crippen LogP contribution is -2.15. The van der Waals surface area contributed by atoms with Crippen LogP contribution in [0.2, 0.25) is 0 Å². The fraction of sp³-hybridized carbons (Fsp3) is 0.611. The number of hydrogen-bond acceptors (Lipinski definition) is 3. The van der Waals surface area contributed by atoms with Crippen molar-refractivity contribution < 1.29 is 9.90 Å². The molecule has 0 saturated heterocycles. The highest BCUT2D eigenvalue weighted by Crippen LogP contribution is 2.28. The molecule has 1 saturated carbocycles. The Balaban J connectivity index is 1.89. The van der Waals surface area contributed by atoms with Crippen molar-refractivity contribution in [1.82, 2.24) is 14.8 Å². The maximum Gasteiger partial charge on any atom is 0.303 e. The van der Waals surface area contributed by atoms with Crippen LogP contribution in [-0.4, -0.2) is 25.8 Å². The number of aryl methyl sites for hydroxylation is 2. The Kier molecular flexibility index (Phi) is 4.64. The second-order valence-electron chi connectivity index (χ2n) is 6.76. The van der Waals surface area contributed by atoms with E-state index in [1.54, 1.807) is 0 Å². The molecule has 0 aliphatic heterocycles. The Labute approximate surface area is 136 Å². The average Bonchev–Trinajstić information content (AvgIpc) is 2.91. The van der Waals surface area contributed by atoms with Gasteiger partial charge in [-0.25, -0.2) is 9.67 Å². The molecule has 5 nitrogen and oxygen atoms in total. The molecule has 124 valence electrons. The van der Waals surface area contributed by atoms with Gasteiger partial charge in [0.05, 0.1) is 6.20 Å². The molecule has 2 aromatic rings. The van der Waals surface area contributed by atoms with Crippen molar-refractivity contribution in [2.45, 2.75) is 65.3 Å². The molecule has 3 rings (SSSR count). The number of aromatic nitrogens is 3. The predicted octanol–water partition coefficient (Wildman–Crippen LogP) is 3.65. The lowest BCUT2D eigenvalue weighted by molar-refractivity contribution is -0.136. The van der Waals surface area contributed by atoms with Crippen LogP contribution in [0.5, 0.6) is 0 Å². The first-order chi connectivity index (χ1) is 11.1. The van der Waals surface area contributed by atoms with E-state index in [0.29, 0.717) is 12.3 Å². The van der Waals surface area contributed by atoms with Crippen molar-refractivity contribution in [3.63, 3.8) is 0 Å². The van der Waals surface area contributed by atoms with Gasteiger partial charge < -0.3 is 5.11 Å². The zero-order chi connectivity index (χ0) is 16.4. The largest absolute Gasteiger partial charge is 0.481 e. The lowest BCUT2D eigenvalue weighted by atomic mass is 9.89. The van der Waals surface area contributed by atoms with Crippen molar-refractivity contribution >= 4 is 17.0 Å². The minimum atomic E-state index is -0.767. The zero-order valence-electron chi connectivity index (χ0n) is 14.0. The Bertz CT molecular complexity index is 715. The summed E-state index contributed by atoms with van der Waals surface area (Å²) in [6.07, 6.45) is 9.16. The first kappa shape index (κ1) is 16.0. The van der Waals surface area contributed by atoms with Gasteiger partial charge in [-0.3, -0.25) is 4.79 Å². The second-order valence-corrected chi connectivity index (χ2v) is 6.76. The summed E-state index contributed by atoms with van der Waals surface area (Å²) in [5.74, 6) is -0.0576. The standard InChI is InChI=1S/C18H25N3O2/c1-12-15(8-9-17(22)23)13(2)20-18-16(12)10-19-21(18)11-14-6-4-3-5-7-14/h10,14H,3-9,11H2,1-2H3,(H,22,23). The smallest absolute Gasteiger partial charge is 0.303 e. The molecule has 0 radical (unpaired) electrons. The van der Waals surface area contributed by atoms with Crippen molar-refractivity contribution in [3.8, 4) is 0 Å². The van der Waals surface area contributed by atoms with Crippen LogP contribution in [-0.2, 0) is 17.8 Å². The maximum absolute atomic E-state index is 10.8. The summed E-state index contributed by atoms with van der Waals surface area (Å²) >= 11 is 0. The topological polar surface area (TPSA) is 68.0 Å². The summed E-state index contributed by atoms with van der Waals surface area (Å²) in [4.78, 5) is 15.6. The summed E-state index contributed by atoms with van der Waals surface area (Å²) in [6.45, 7) is 4.98. The van der Waals surface area contributed by atoms with E-state index in [9.17, 15) is 4.79 Å². The molecule has 0 bridgehead atoms. The Morgan fingerprint density at radius 2 is 2.04 bits per heavy atom. The second kappa shape index (κ2) is 6.69. The molecule has 2 aromatic heterocycles. The van der Waals surface area contributed by atoms with E-state index in [1.807, 2.05) is 17.8 Å². The molecule has 0 spiro atoms. The molecular weight excluding hydrogens is 290 g/mol. The predicted molar refractivity (Wildman–Crippen MR) is 89.5 cm³/mol. The van der Waals surface area contributed by atoms with E-state index in [-0.39, 0.29) is 6.42 Å². The van der Waals surface area contributed by atoms with Gasteiger partial charge in [-0.1, -0.05) is 19.3 Å². The van der Waals surface area contributed by atoms with Crippen molar-refractivity contribution in [2.75, 3.05) is 0 Å². The van der Waals surface area contributed by atoms with E-state index >= 15 is 0 Å². The number of carbonyl (C=O) groups is 1. The van der Waals surface area contributed by atoms with Crippen molar-refractivity contribution in [3.05, 3.63) is 23.0 Å². The van der Waals surface area contributed by atoms with Crippen LogP contribution < -0.4 is 0 Å². The summed E-state index contributed by atoms with van der Waals surface area (Å²) in [7, 11) is 0. The zero-order valence-corrected chi connectivity index (χ0v) is 14.0. The number of hydrogen-bond donors (Lipinski definition) is 1. The van der Waals surface area contributed by atoms with E-state index in [4.69, 9.17) is 10.1 Å². The molecule has 0 aromatic carbocycles. The Hall–Kier alpha value is -1.91. The molecular formula is C18H25N3O2. The highest BCUT2D eigenvalue weighted by atomic mass is 16.4. The highest BCUT2D eigenvalue weighted by Gasteiger charge is 2.18. The molecule has 1 fully saturated rings. The third-order valence-electron chi connectivity index (χ3n) is 5.12. The summed E-state index contributed by atoms with van der Waals surface area (Å²) < 4.78 is 2.05. The van der Waals surface area contributed by atoms with Crippen LogP contribution in [0.3, 0.4) is 0 Å².